The van der Waals surface area contributed by atoms with Gasteiger partial charge in [0.05, 0.1) is 5.75 Å². The fourth-order valence-corrected chi connectivity index (χ4v) is 4.73. The molecule has 1 aliphatic rings. The van der Waals surface area contributed by atoms with Gasteiger partial charge in [-0.3, -0.25) is 4.79 Å². The second kappa shape index (κ2) is 10.5. The van der Waals surface area contributed by atoms with E-state index < -0.39 is 0 Å². The van der Waals surface area contributed by atoms with Gasteiger partial charge < -0.3 is 19.7 Å². The molecule has 0 spiro atoms. The molecule has 9 heteroatoms. The van der Waals surface area contributed by atoms with E-state index in [1.165, 1.54) is 17.3 Å². The van der Waals surface area contributed by atoms with Crippen LogP contribution in [0.5, 0.6) is 0 Å². The van der Waals surface area contributed by atoms with Gasteiger partial charge in [-0.05, 0) is 23.1 Å². The summed E-state index contributed by atoms with van der Waals surface area (Å²) in [6, 6.07) is 17.6. The van der Waals surface area contributed by atoms with Crippen LogP contribution < -0.4 is 5.32 Å². The van der Waals surface area contributed by atoms with Crippen LogP contribution in [0.25, 0.3) is 11.4 Å². The Labute approximate surface area is 210 Å². The van der Waals surface area contributed by atoms with Crippen molar-refractivity contribution in [2.75, 3.05) is 37.2 Å². The number of rotatable bonds is 5. The zero-order valence-corrected chi connectivity index (χ0v) is 21.5. The highest BCUT2D eigenvalue weighted by molar-refractivity contribution is 7.99. The predicted octanol–water partition coefficient (Wildman–Crippen LogP) is 4.25. The fraction of sp³-hybridized carbons (Fsp3) is 0.385. The third kappa shape index (κ3) is 6.03. The van der Waals surface area contributed by atoms with Crippen molar-refractivity contribution in [1.29, 1.82) is 0 Å². The summed E-state index contributed by atoms with van der Waals surface area (Å²) < 4.78 is 1.93. The number of thioether (sulfide) groups is 1. The largest absolute Gasteiger partial charge is 0.338 e. The first kappa shape index (κ1) is 24.8. The quantitative estimate of drug-likeness (QED) is 0.539. The van der Waals surface area contributed by atoms with Crippen molar-refractivity contribution in [1.82, 2.24) is 24.6 Å². The second-order valence-electron chi connectivity index (χ2n) is 9.65. The number of nitrogens with zero attached hydrogens (tertiary/aromatic N) is 5. The lowest BCUT2D eigenvalue weighted by Crippen LogP contribution is -2.52. The topological polar surface area (TPSA) is 83.4 Å². The number of carbonyl (C=O) groups excluding carboxylic acids is 2. The number of nitrogens with one attached hydrogen (secondary N) is 1. The average Bonchev–Trinajstić information content (AvgIpc) is 3.23. The number of carbonyl (C=O) groups is 2. The average molecular weight is 493 g/mol. The van der Waals surface area contributed by atoms with Gasteiger partial charge in [0.1, 0.15) is 0 Å². The Bertz CT molecular complexity index is 1160. The monoisotopic (exact) mass is 492 g/mol. The maximum Gasteiger partial charge on any atom is 0.321 e. The lowest BCUT2D eigenvalue weighted by Gasteiger charge is -2.34. The van der Waals surface area contributed by atoms with Crippen molar-refractivity contribution in [2.24, 2.45) is 7.05 Å². The standard InChI is InChI=1S/C26H32N6O2S/c1-26(2,3)20-12-10-19(11-13-20)23-28-29-25(30(23)4)35-18-22(33)31-14-16-32(17-15-31)24(34)27-21-8-6-5-7-9-21/h5-13H,14-18H2,1-4H3,(H,27,34). The van der Waals surface area contributed by atoms with Gasteiger partial charge in [0.15, 0.2) is 11.0 Å². The zero-order chi connectivity index (χ0) is 25.0. The Hall–Kier alpha value is -3.33. The molecule has 3 aromatic rings. The second-order valence-corrected chi connectivity index (χ2v) is 10.6. The highest BCUT2D eigenvalue weighted by Crippen LogP contribution is 2.27. The van der Waals surface area contributed by atoms with Crippen LogP contribution >= 0.6 is 11.8 Å². The molecule has 1 saturated heterocycles. The highest BCUT2D eigenvalue weighted by Gasteiger charge is 2.25. The summed E-state index contributed by atoms with van der Waals surface area (Å²) in [7, 11) is 1.92. The minimum atomic E-state index is -0.139. The summed E-state index contributed by atoms with van der Waals surface area (Å²) in [5.41, 5.74) is 3.12. The Morgan fingerprint density at radius 3 is 2.17 bits per heavy atom. The molecule has 1 aromatic heterocycles. The minimum absolute atomic E-state index is 0.0391. The third-order valence-corrected chi connectivity index (χ3v) is 7.12. The number of aromatic nitrogens is 3. The van der Waals surface area contributed by atoms with Gasteiger partial charge in [0, 0.05) is 44.5 Å². The molecule has 0 aliphatic carbocycles. The summed E-state index contributed by atoms with van der Waals surface area (Å²) in [6.45, 7) is 8.62. The lowest BCUT2D eigenvalue weighted by molar-refractivity contribution is -0.129. The normalized spacial score (nSPS) is 14.2. The van der Waals surface area contributed by atoms with Gasteiger partial charge in [-0.2, -0.15) is 0 Å². The number of benzene rings is 2. The Morgan fingerprint density at radius 2 is 1.54 bits per heavy atom. The van der Waals surface area contributed by atoms with E-state index in [1.807, 2.05) is 46.8 Å². The molecule has 2 heterocycles. The van der Waals surface area contributed by atoms with E-state index in [9.17, 15) is 9.59 Å². The van der Waals surface area contributed by atoms with Crippen molar-refractivity contribution in [2.45, 2.75) is 31.3 Å². The van der Waals surface area contributed by atoms with Crippen LogP contribution in [0.15, 0.2) is 59.8 Å². The van der Waals surface area contributed by atoms with Gasteiger partial charge in [-0.25, -0.2) is 4.79 Å². The van der Waals surface area contributed by atoms with Gasteiger partial charge in [0.2, 0.25) is 5.91 Å². The van der Waals surface area contributed by atoms with Gasteiger partial charge in [-0.15, -0.1) is 10.2 Å². The van der Waals surface area contributed by atoms with E-state index in [0.29, 0.717) is 31.3 Å². The third-order valence-electron chi connectivity index (χ3n) is 6.11. The van der Waals surface area contributed by atoms with Crippen molar-refractivity contribution in [3.8, 4) is 11.4 Å². The number of piperazine rings is 1. The van der Waals surface area contributed by atoms with E-state index in [0.717, 1.165) is 17.1 Å². The smallest absolute Gasteiger partial charge is 0.321 e. The van der Waals surface area contributed by atoms with Crippen molar-refractivity contribution in [3.63, 3.8) is 0 Å². The van der Waals surface area contributed by atoms with Crippen molar-refractivity contribution >= 4 is 29.4 Å². The SMILES string of the molecule is Cn1c(SCC(=O)N2CCN(C(=O)Nc3ccccc3)CC2)nnc1-c1ccc(C(C)(C)C)cc1. The molecule has 0 atom stereocenters. The maximum absolute atomic E-state index is 12.8. The minimum Gasteiger partial charge on any atom is -0.338 e. The van der Waals surface area contributed by atoms with Crippen LogP contribution in [0.3, 0.4) is 0 Å². The van der Waals surface area contributed by atoms with Crippen LogP contribution in [0.4, 0.5) is 10.5 Å². The van der Waals surface area contributed by atoms with Crippen molar-refractivity contribution in [3.05, 3.63) is 60.2 Å². The molecule has 184 valence electrons. The molecule has 3 amide bonds. The number of hydrogen-bond donors (Lipinski definition) is 1. The van der Waals surface area contributed by atoms with Crippen molar-refractivity contribution < 1.29 is 9.59 Å². The highest BCUT2D eigenvalue weighted by atomic mass is 32.2. The Kier molecular flexibility index (Phi) is 7.45. The van der Waals surface area contributed by atoms with E-state index in [1.54, 1.807) is 4.90 Å². The van der Waals surface area contributed by atoms with Crippen LogP contribution in [0.2, 0.25) is 0 Å². The van der Waals surface area contributed by atoms with Crippen LogP contribution in [-0.2, 0) is 17.3 Å². The Balaban J connectivity index is 1.28. The fourth-order valence-electron chi connectivity index (χ4n) is 3.91. The number of amides is 3. The number of para-hydroxylation sites is 1. The molecule has 1 N–H and O–H groups in total. The van der Waals surface area contributed by atoms with Crippen LogP contribution in [0, 0.1) is 0 Å². The molecule has 0 unspecified atom stereocenters. The number of hydrogen-bond acceptors (Lipinski definition) is 5. The first-order chi connectivity index (χ1) is 16.7. The number of anilines is 1. The molecule has 35 heavy (non-hydrogen) atoms. The first-order valence-corrected chi connectivity index (χ1v) is 12.7. The molecule has 2 aromatic carbocycles. The van der Waals surface area contributed by atoms with E-state index in [4.69, 9.17) is 0 Å². The molecule has 0 radical (unpaired) electrons. The van der Waals surface area contributed by atoms with Crippen LogP contribution in [0.1, 0.15) is 26.3 Å². The molecular formula is C26H32N6O2S. The zero-order valence-electron chi connectivity index (χ0n) is 20.7. The molecule has 4 rings (SSSR count). The van der Waals surface area contributed by atoms with Gasteiger partial charge >= 0.3 is 6.03 Å². The van der Waals surface area contributed by atoms with E-state index >= 15 is 0 Å². The summed E-state index contributed by atoms with van der Waals surface area (Å²) in [5.74, 6) is 1.10. The number of urea groups is 1. The molecule has 8 nitrogen and oxygen atoms in total. The van der Waals surface area contributed by atoms with E-state index in [2.05, 4.69) is 60.6 Å². The Morgan fingerprint density at radius 1 is 0.914 bits per heavy atom. The molecule has 1 fully saturated rings. The predicted molar refractivity (Wildman–Crippen MR) is 139 cm³/mol. The van der Waals surface area contributed by atoms with E-state index in [-0.39, 0.29) is 23.1 Å². The summed E-state index contributed by atoms with van der Waals surface area (Å²) in [5, 5.41) is 12.2. The summed E-state index contributed by atoms with van der Waals surface area (Å²) >= 11 is 1.39. The maximum atomic E-state index is 12.8. The molecule has 0 bridgehead atoms. The lowest BCUT2D eigenvalue weighted by atomic mass is 9.87. The van der Waals surface area contributed by atoms with Crippen LogP contribution in [-0.4, -0.2) is 68.4 Å². The first-order valence-electron chi connectivity index (χ1n) is 11.7. The summed E-state index contributed by atoms with van der Waals surface area (Å²) in [4.78, 5) is 28.8. The summed E-state index contributed by atoms with van der Waals surface area (Å²) in [6.07, 6.45) is 0. The van der Waals surface area contributed by atoms with Gasteiger partial charge in [-0.1, -0.05) is 75.0 Å². The van der Waals surface area contributed by atoms with Gasteiger partial charge in [0.25, 0.3) is 0 Å². The molecular weight excluding hydrogens is 460 g/mol. The molecule has 1 aliphatic heterocycles. The molecule has 0 saturated carbocycles.